The third-order valence-corrected chi connectivity index (χ3v) is 4.75. The predicted octanol–water partition coefficient (Wildman–Crippen LogP) is 5.34. The minimum Gasteiger partial charge on any atom is -0.126 e. The Morgan fingerprint density at radius 3 is 2.06 bits per heavy atom. The van der Waals surface area contributed by atoms with Crippen LogP contribution in [0.5, 0.6) is 0 Å². The molecule has 0 radical (unpaired) electrons. The lowest BCUT2D eigenvalue weighted by Crippen LogP contribution is -2.30. The number of benzene rings is 1. The number of halogens is 3. The third kappa shape index (κ3) is 4.96. The van der Waals surface area contributed by atoms with Crippen molar-refractivity contribution in [1.29, 1.82) is 0 Å². The molecule has 0 N–H and O–H groups in total. The Hall–Kier alpha value is 0.530. The molecule has 0 aliphatic rings. The first-order valence-electron chi connectivity index (χ1n) is 5.88. The van der Waals surface area contributed by atoms with Gasteiger partial charge < -0.3 is 0 Å². The van der Waals surface area contributed by atoms with Gasteiger partial charge in [-0.15, -0.1) is 23.2 Å². The highest BCUT2D eigenvalue weighted by Crippen LogP contribution is 2.33. The highest BCUT2D eigenvalue weighted by Gasteiger charge is 2.29. The Labute approximate surface area is 128 Å². The number of alkyl halides is 2. The fraction of sp³-hybridized carbons (Fsp3) is 0.571. The second kappa shape index (κ2) is 7.20. The maximum Gasteiger partial charge on any atom is 0.0294 e. The van der Waals surface area contributed by atoms with Crippen molar-refractivity contribution in [3.05, 3.63) is 33.4 Å². The van der Waals surface area contributed by atoms with E-state index in [1.807, 2.05) is 0 Å². The zero-order valence-corrected chi connectivity index (χ0v) is 14.0. The Kier molecular flexibility index (Phi) is 6.60. The van der Waals surface area contributed by atoms with Crippen LogP contribution in [0, 0.1) is 14.9 Å². The summed E-state index contributed by atoms with van der Waals surface area (Å²) >= 11 is 14.6. The molecule has 0 atom stereocenters. The van der Waals surface area contributed by atoms with Gasteiger partial charge in [0.15, 0.2) is 0 Å². The van der Waals surface area contributed by atoms with Crippen molar-refractivity contribution >= 4 is 45.8 Å². The summed E-state index contributed by atoms with van der Waals surface area (Å²) < 4.78 is 1.26. The number of hydrogen-bond donors (Lipinski definition) is 0. The van der Waals surface area contributed by atoms with Crippen LogP contribution in [0.4, 0.5) is 0 Å². The van der Waals surface area contributed by atoms with E-state index in [1.165, 1.54) is 9.13 Å². The molecule has 0 bridgehead atoms. The smallest absolute Gasteiger partial charge is 0.0294 e. The maximum atomic E-state index is 6.16. The van der Waals surface area contributed by atoms with Gasteiger partial charge in [0, 0.05) is 20.7 Å². The molecule has 0 fully saturated rings. The summed E-state index contributed by atoms with van der Waals surface area (Å²) in [5.41, 5.74) is 1.36. The van der Waals surface area contributed by atoms with E-state index >= 15 is 0 Å². The lowest BCUT2D eigenvalue weighted by Gasteiger charge is -2.31. The van der Waals surface area contributed by atoms with Crippen molar-refractivity contribution in [2.45, 2.75) is 26.7 Å². The summed E-state index contributed by atoms with van der Waals surface area (Å²) in [7, 11) is 0. The SMILES string of the molecule is CC(C)CC(CCl)(CCl)Cc1ccc(I)cc1. The zero-order valence-electron chi connectivity index (χ0n) is 10.3. The highest BCUT2D eigenvalue weighted by atomic mass is 127. The molecule has 96 valence electrons. The van der Waals surface area contributed by atoms with Crippen molar-refractivity contribution < 1.29 is 0 Å². The molecule has 0 aliphatic carbocycles. The molecule has 0 aliphatic heterocycles. The van der Waals surface area contributed by atoms with Crippen LogP contribution < -0.4 is 0 Å². The topological polar surface area (TPSA) is 0 Å². The Morgan fingerprint density at radius 1 is 1.12 bits per heavy atom. The average molecular weight is 385 g/mol. The molecule has 0 aromatic heterocycles. The molecule has 0 amide bonds. The monoisotopic (exact) mass is 384 g/mol. The van der Waals surface area contributed by atoms with Gasteiger partial charge >= 0.3 is 0 Å². The molecule has 0 saturated carbocycles. The number of rotatable bonds is 6. The summed E-state index contributed by atoms with van der Waals surface area (Å²) in [6.07, 6.45) is 2.04. The first kappa shape index (κ1) is 15.6. The van der Waals surface area contributed by atoms with Gasteiger partial charge in [0.1, 0.15) is 0 Å². The largest absolute Gasteiger partial charge is 0.126 e. The van der Waals surface area contributed by atoms with Crippen LogP contribution in [0.3, 0.4) is 0 Å². The summed E-state index contributed by atoms with van der Waals surface area (Å²) in [5.74, 6) is 1.87. The van der Waals surface area contributed by atoms with Crippen LogP contribution in [0.15, 0.2) is 24.3 Å². The van der Waals surface area contributed by atoms with Crippen LogP contribution in [-0.4, -0.2) is 11.8 Å². The van der Waals surface area contributed by atoms with E-state index < -0.39 is 0 Å². The van der Waals surface area contributed by atoms with Crippen LogP contribution in [0.25, 0.3) is 0 Å². The first-order valence-corrected chi connectivity index (χ1v) is 8.02. The molecule has 0 nitrogen and oxygen atoms in total. The normalized spacial score (nSPS) is 12.1. The van der Waals surface area contributed by atoms with Crippen LogP contribution >= 0.6 is 45.8 Å². The molecule has 3 heteroatoms. The predicted molar refractivity (Wildman–Crippen MR) is 86.2 cm³/mol. The average Bonchev–Trinajstić information content (AvgIpc) is 2.30. The van der Waals surface area contributed by atoms with Gasteiger partial charge in [-0.2, -0.15) is 0 Å². The van der Waals surface area contributed by atoms with Crippen molar-refractivity contribution in [3.8, 4) is 0 Å². The van der Waals surface area contributed by atoms with Crippen LogP contribution in [-0.2, 0) is 6.42 Å². The van der Waals surface area contributed by atoms with Gasteiger partial charge in [0.25, 0.3) is 0 Å². The molecule has 0 spiro atoms. The molecule has 0 unspecified atom stereocenters. The fourth-order valence-corrected chi connectivity index (χ4v) is 3.27. The molecule has 0 saturated heterocycles. The molecule has 1 rings (SSSR count). The van der Waals surface area contributed by atoms with E-state index in [9.17, 15) is 0 Å². The van der Waals surface area contributed by atoms with Crippen molar-refractivity contribution in [2.75, 3.05) is 11.8 Å². The molecular weight excluding hydrogens is 366 g/mol. The third-order valence-electron chi connectivity index (χ3n) is 2.90. The van der Waals surface area contributed by atoms with E-state index in [2.05, 4.69) is 60.7 Å². The van der Waals surface area contributed by atoms with Crippen molar-refractivity contribution in [1.82, 2.24) is 0 Å². The Bertz CT molecular complexity index is 329. The van der Waals surface area contributed by atoms with E-state index in [-0.39, 0.29) is 5.41 Å². The number of hydrogen-bond acceptors (Lipinski definition) is 0. The standard InChI is InChI=1S/C14H19Cl2I/c1-11(2)7-14(9-15,10-16)8-12-3-5-13(17)6-4-12/h3-6,11H,7-10H2,1-2H3. The molecule has 1 aromatic carbocycles. The molecule has 17 heavy (non-hydrogen) atoms. The minimum absolute atomic E-state index is 0.0318. The van der Waals surface area contributed by atoms with E-state index in [4.69, 9.17) is 23.2 Å². The van der Waals surface area contributed by atoms with Gasteiger partial charge in [-0.1, -0.05) is 26.0 Å². The van der Waals surface area contributed by atoms with Gasteiger partial charge in [0.2, 0.25) is 0 Å². The van der Waals surface area contributed by atoms with Crippen molar-refractivity contribution in [3.63, 3.8) is 0 Å². The van der Waals surface area contributed by atoms with Crippen LogP contribution in [0.1, 0.15) is 25.8 Å². The van der Waals surface area contributed by atoms with E-state index in [1.54, 1.807) is 0 Å². The Morgan fingerprint density at radius 2 is 1.65 bits per heavy atom. The summed E-state index contributed by atoms with van der Waals surface area (Å²) in [5, 5.41) is 0. The van der Waals surface area contributed by atoms with Gasteiger partial charge in [0.05, 0.1) is 0 Å². The van der Waals surface area contributed by atoms with E-state index in [0.29, 0.717) is 17.7 Å². The summed E-state index contributed by atoms with van der Waals surface area (Å²) in [6, 6.07) is 8.63. The Balaban J connectivity index is 2.82. The van der Waals surface area contributed by atoms with Gasteiger partial charge in [-0.25, -0.2) is 0 Å². The first-order chi connectivity index (χ1) is 8.01. The van der Waals surface area contributed by atoms with Crippen molar-refractivity contribution in [2.24, 2.45) is 11.3 Å². The molecular formula is C14H19Cl2I. The van der Waals surface area contributed by atoms with E-state index in [0.717, 1.165) is 12.8 Å². The lowest BCUT2D eigenvalue weighted by atomic mass is 9.78. The second-order valence-corrected chi connectivity index (χ2v) is 6.95. The van der Waals surface area contributed by atoms with Gasteiger partial charge in [-0.05, 0) is 59.0 Å². The maximum absolute atomic E-state index is 6.16. The lowest BCUT2D eigenvalue weighted by molar-refractivity contribution is 0.295. The second-order valence-electron chi connectivity index (χ2n) is 5.17. The quantitative estimate of drug-likeness (QED) is 0.458. The fourth-order valence-electron chi connectivity index (χ4n) is 2.21. The summed E-state index contributed by atoms with van der Waals surface area (Å²) in [6.45, 7) is 4.45. The highest BCUT2D eigenvalue weighted by molar-refractivity contribution is 14.1. The summed E-state index contributed by atoms with van der Waals surface area (Å²) in [4.78, 5) is 0. The van der Waals surface area contributed by atoms with Gasteiger partial charge in [-0.3, -0.25) is 0 Å². The zero-order chi connectivity index (χ0) is 12.9. The minimum atomic E-state index is 0.0318. The van der Waals surface area contributed by atoms with Crippen LogP contribution in [0.2, 0.25) is 0 Å². The molecule has 0 heterocycles. The molecule has 1 aromatic rings.